The second kappa shape index (κ2) is 4.78. The van der Waals surface area contributed by atoms with Gasteiger partial charge in [-0.1, -0.05) is 0 Å². The first kappa shape index (κ1) is 13.2. The minimum absolute atomic E-state index is 0.296. The monoisotopic (exact) mass is 286 g/mol. The Morgan fingerprint density at radius 1 is 1.37 bits per heavy atom. The summed E-state index contributed by atoms with van der Waals surface area (Å²) in [4.78, 5) is 29.4. The van der Waals surface area contributed by atoms with Crippen LogP contribution in [0.1, 0.15) is 18.8 Å². The van der Waals surface area contributed by atoms with Crippen LogP contribution in [0.5, 0.6) is 0 Å². The van der Waals surface area contributed by atoms with Crippen LogP contribution in [0, 0.1) is 0 Å². The summed E-state index contributed by atoms with van der Waals surface area (Å²) in [5, 5.41) is 6.09. The molecule has 0 saturated heterocycles. The molecule has 2 rings (SSSR count). The molecular weight excluding hydrogens is 276 g/mol. The van der Waals surface area contributed by atoms with Gasteiger partial charge in [-0.05, 0) is 6.92 Å². The average molecular weight is 286 g/mol. The molecule has 0 spiro atoms. The summed E-state index contributed by atoms with van der Waals surface area (Å²) in [5.74, 6) is 0.296. The highest BCUT2D eigenvalue weighted by molar-refractivity contribution is 7.89. The van der Waals surface area contributed by atoms with Crippen LogP contribution in [-0.4, -0.2) is 33.6 Å². The highest BCUT2D eigenvalue weighted by Crippen LogP contribution is 2.09. The zero-order valence-electron chi connectivity index (χ0n) is 9.67. The van der Waals surface area contributed by atoms with E-state index in [9.17, 15) is 18.0 Å². The minimum Gasteiger partial charge on any atom is -0.313 e. The number of aromatic nitrogens is 5. The van der Waals surface area contributed by atoms with Gasteiger partial charge in [0.25, 0.3) is 5.56 Å². The normalized spacial score (nSPS) is 13.3. The lowest BCUT2D eigenvalue weighted by atomic mass is 10.3. The smallest absolute Gasteiger partial charge is 0.313 e. The van der Waals surface area contributed by atoms with Crippen molar-refractivity contribution in [1.29, 1.82) is 0 Å². The van der Waals surface area contributed by atoms with Gasteiger partial charge in [-0.2, -0.15) is 5.10 Å². The molecule has 1 unspecified atom stereocenters. The Kier molecular flexibility index (Phi) is 3.31. The molecule has 0 fully saturated rings. The summed E-state index contributed by atoms with van der Waals surface area (Å²) >= 11 is 0. The lowest BCUT2D eigenvalue weighted by molar-refractivity contribution is 0.558. The van der Waals surface area contributed by atoms with Crippen molar-refractivity contribution in [1.82, 2.24) is 29.9 Å². The third-order valence-corrected chi connectivity index (χ3v) is 3.80. The van der Waals surface area contributed by atoms with Crippen LogP contribution in [0.15, 0.2) is 27.0 Å². The van der Waals surface area contributed by atoms with Gasteiger partial charge in [0.05, 0.1) is 6.04 Å². The second-order valence-corrected chi connectivity index (χ2v) is 5.33. The summed E-state index contributed by atoms with van der Waals surface area (Å²) in [6, 6.07) is -0.709. The Morgan fingerprint density at radius 3 is 2.68 bits per heavy atom. The van der Waals surface area contributed by atoms with Gasteiger partial charge in [-0.15, -0.1) is 0 Å². The number of H-pyrrole nitrogens is 3. The average Bonchev–Trinajstić information content (AvgIpc) is 2.80. The molecule has 0 aliphatic heterocycles. The minimum atomic E-state index is -4.08. The molecule has 0 radical (unpaired) electrons. The van der Waals surface area contributed by atoms with E-state index in [1.807, 2.05) is 4.98 Å². The van der Waals surface area contributed by atoms with E-state index < -0.39 is 32.2 Å². The number of hydrogen-bond donors (Lipinski definition) is 4. The third kappa shape index (κ3) is 2.77. The number of nitrogens with zero attached hydrogens (tertiary/aromatic N) is 2. The van der Waals surface area contributed by atoms with E-state index in [-0.39, 0.29) is 0 Å². The molecule has 11 heteroatoms. The van der Waals surface area contributed by atoms with Crippen molar-refractivity contribution in [3.05, 3.63) is 39.2 Å². The van der Waals surface area contributed by atoms with Gasteiger partial charge < -0.3 is 4.98 Å². The lowest BCUT2D eigenvalue weighted by Crippen LogP contribution is -2.34. The number of sulfonamides is 1. The molecule has 4 N–H and O–H groups in total. The van der Waals surface area contributed by atoms with E-state index in [0.29, 0.717) is 5.82 Å². The molecule has 0 aliphatic rings. The molecule has 1 atom stereocenters. The topological polar surface area (TPSA) is 153 Å². The molecule has 10 nitrogen and oxygen atoms in total. The second-order valence-electron chi connectivity index (χ2n) is 3.65. The van der Waals surface area contributed by atoms with Crippen LogP contribution in [0.25, 0.3) is 0 Å². The first-order valence-electron chi connectivity index (χ1n) is 5.10. The van der Waals surface area contributed by atoms with Crippen molar-refractivity contribution in [3.63, 3.8) is 0 Å². The lowest BCUT2D eigenvalue weighted by Gasteiger charge is -2.10. The number of aromatic amines is 3. The Labute approximate surface area is 106 Å². The van der Waals surface area contributed by atoms with Crippen LogP contribution in [0.4, 0.5) is 0 Å². The van der Waals surface area contributed by atoms with Crippen molar-refractivity contribution in [2.45, 2.75) is 17.9 Å². The van der Waals surface area contributed by atoms with Gasteiger partial charge >= 0.3 is 5.69 Å². The van der Waals surface area contributed by atoms with Gasteiger partial charge in [0.1, 0.15) is 12.2 Å². The first-order chi connectivity index (χ1) is 8.90. The summed E-state index contributed by atoms with van der Waals surface area (Å²) in [6.07, 6.45) is 2.06. The molecule has 2 aromatic heterocycles. The fourth-order valence-corrected chi connectivity index (χ4v) is 2.59. The van der Waals surface area contributed by atoms with E-state index in [0.717, 1.165) is 6.20 Å². The molecule has 0 aromatic carbocycles. The highest BCUT2D eigenvalue weighted by atomic mass is 32.2. The van der Waals surface area contributed by atoms with Crippen LogP contribution in [0.2, 0.25) is 0 Å². The first-order valence-corrected chi connectivity index (χ1v) is 6.58. The Balaban J connectivity index is 2.33. The van der Waals surface area contributed by atoms with Crippen molar-refractivity contribution in [2.75, 3.05) is 0 Å². The van der Waals surface area contributed by atoms with E-state index in [4.69, 9.17) is 0 Å². The molecular formula is C8H10N6O4S. The van der Waals surface area contributed by atoms with Gasteiger partial charge in [-0.3, -0.25) is 14.9 Å². The number of nitrogens with one attached hydrogen (secondary N) is 4. The van der Waals surface area contributed by atoms with Crippen molar-refractivity contribution >= 4 is 10.0 Å². The molecule has 0 bridgehead atoms. The van der Waals surface area contributed by atoms with Crippen molar-refractivity contribution < 1.29 is 8.42 Å². The molecule has 102 valence electrons. The number of rotatable bonds is 4. The molecule has 2 heterocycles. The molecule has 0 saturated carbocycles. The van der Waals surface area contributed by atoms with Crippen LogP contribution in [0.3, 0.4) is 0 Å². The Morgan fingerprint density at radius 2 is 2.11 bits per heavy atom. The van der Waals surface area contributed by atoms with Gasteiger partial charge in [0, 0.05) is 6.20 Å². The summed E-state index contributed by atoms with van der Waals surface area (Å²) < 4.78 is 26.1. The zero-order valence-corrected chi connectivity index (χ0v) is 10.5. The van der Waals surface area contributed by atoms with Gasteiger partial charge in [0.15, 0.2) is 4.90 Å². The maximum Gasteiger partial charge on any atom is 0.325 e. The largest absolute Gasteiger partial charge is 0.325 e. The van der Waals surface area contributed by atoms with Crippen LogP contribution in [-0.2, 0) is 10.0 Å². The summed E-state index contributed by atoms with van der Waals surface area (Å²) in [5.41, 5.74) is -1.78. The Bertz CT molecular complexity index is 774. The highest BCUT2D eigenvalue weighted by Gasteiger charge is 2.23. The maximum atomic E-state index is 12.0. The fourth-order valence-electron chi connectivity index (χ4n) is 1.37. The van der Waals surface area contributed by atoms with E-state index >= 15 is 0 Å². The predicted octanol–water partition coefficient (Wildman–Crippen LogP) is -1.78. The molecule has 0 aliphatic carbocycles. The van der Waals surface area contributed by atoms with E-state index in [1.54, 1.807) is 0 Å². The van der Waals surface area contributed by atoms with Gasteiger partial charge in [0.2, 0.25) is 10.0 Å². The SMILES string of the molecule is CC(NS(=O)(=O)c1c[nH]c(=O)[nH]c1=O)c1ncn[nH]1. The van der Waals surface area contributed by atoms with Crippen LogP contribution >= 0.6 is 0 Å². The third-order valence-electron chi connectivity index (χ3n) is 2.25. The standard InChI is InChI=1S/C8H10N6O4S/c1-4(6-10-3-11-13-6)14-19(17,18)5-2-9-8(16)12-7(5)15/h2-4,14H,1H3,(H,10,11,13)(H2,9,12,15,16). The predicted molar refractivity (Wildman–Crippen MR) is 62.8 cm³/mol. The summed E-state index contributed by atoms with van der Waals surface area (Å²) in [7, 11) is -4.08. The number of hydrogen-bond acceptors (Lipinski definition) is 6. The van der Waals surface area contributed by atoms with Crippen LogP contribution < -0.4 is 16.0 Å². The van der Waals surface area contributed by atoms with E-state index in [1.165, 1.54) is 13.3 Å². The van der Waals surface area contributed by atoms with Crippen molar-refractivity contribution in [2.24, 2.45) is 0 Å². The van der Waals surface area contributed by atoms with Crippen molar-refractivity contribution in [3.8, 4) is 0 Å². The zero-order chi connectivity index (χ0) is 14.0. The molecule has 0 amide bonds. The van der Waals surface area contributed by atoms with Gasteiger partial charge in [-0.25, -0.2) is 22.9 Å². The maximum absolute atomic E-state index is 12.0. The summed E-state index contributed by atoms with van der Waals surface area (Å²) in [6.45, 7) is 1.53. The quantitative estimate of drug-likeness (QED) is 0.521. The molecule has 2 aromatic rings. The molecule has 19 heavy (non-hydrogen) atoms. The Hall–Kier alpha value is -2.27. The van der Waals surface area contributed by atoms with E-state index in [2.05, 4.69) is 24.9 Å². The fraction of sp³-hybridized carbons (Fsp3) is 0.250.